The van der Waals surface area contributed by atoms with Crippen LogP contribution >= 0.6 is 0 Å². The van der Waals surface area contributed by atoms with Crippen molar-refractivity contribution in [2.24, 2.45) is 5.92 Å². The summed E-state index contributed by atoms with van der Waals surface area (Å²) in [6.45, 7) is 18.0. The number of piperazine rings is 1. The van der Waals surface area contributed by atoms with Crippen molar-refractivity contribution >= 4 is 23.5 Å². The van der Waals surface area contributed by atoms with Gasteiger partial charge in [0.15, 0.2) is 0 Å². The van der Waals surface area contributed by atoms with Gasteiger partial charge >= 0.3 is 6.09 Å². The lowest BCUT2D eigenvalue weighted by atomic mass is 9.86. The fourth-order valence-electron chi connectivity index (χ4n) is 9.50. The monoisotopic (exact) mass is 844 g/mol. The second kappa shape index (κ2) is 18.6. The van der Waals surface area contributed by atoms with E-state index in [1.54, 1.807) is 11.0 Å². The number of ether oxygens (including phenoxy) is 4. The zero-order valence-electron chi connectivity index (χ0n) is 37.4. The maximum atomic E-state index is 14.1. The zero-order chi connectivity index (χ0) is 43.4. The highest BCUT2D eigenvalue weighted by Gasteiger charge is 2.41. The summed E-state index contributed by atoms with van der Waals surface area (Å²) in [5.41, 5.74) is 3.20. The molecule has 3 fully saturated rings. The largest absolute Gasteiger partial charge is 0.473 e. The smallest absolute Gasteiger partial charge is 0.410 e. The third-order valence-corrected chi connectivity index (χ3v) is 12.7. The quantitative estimate of drug-likeness (QED) is 0.137. The van der Waals surface area contributed by atoms with E-state index < -0.39 is 5.60 Å². The Morgan fingerprint density at radius 3 is 2.05 bits per heavy atom. The van der Waals surface area contributed by atoms with Gasteiger partial charge in [-0.1, -0.05) is 60.7 Å². The number of nitrogens with zero attached hydrogens (tertiary/aromatic N) is 6. The molecule has 1 aliphatic carbocycles. The summed E-state index contributed by atoms with van der Waals surface area (Å²) in [4.78, 5) is 45.4. The molecule has 1 saturated carbocycles. The summed E-state index contributed by atoms with van der Waals surface area (Å²) in [5, 5.41) is 0. The van der Waals surface area contributed by atoms with Gasteiger partial charge < -0.3 is 28.7 Å². The number of carbonyl (C=O) groups is 2. The second-order valence-corrected chi connectivity index (χ2v) is 19.1. The first kappa shape index (κ1) is 43.4. The predicted molar refractivity (Wildman–Crippen MR) is 241 cm³/mol. The van der Waals surface area contributed by atoms with E-state index in [4.69, 9.17) is 28.9 Å². The lowest BCUT2D eigenvalue weighted by molar-refractivity contribution is -0.0519. The summed E-state index contributed by atoms with van der Waals surface area (Å²) in [5.74, 6) is 2.18. The van der Waals surface area contributed by atoms with Crippen LogP contribution in [0.15, 0.2) is 84.9 Å². The van der Waals surface area contributed by atoms with Gasteiger partial charge in [0.1, 0.15) is 30.3 Å². The van der Waals surface area contributed by atoms with Crippen LogP contribution in [0.2, 0.25) is 0 Å². The van der Waals surface area contributed by atoms with Crippen molar-refractivity contribution in [1.29, 1.82) is 0 Å². The number of rotatable bonds is 12. The molecule has 62 heavy (non-hydrogen) atoms. The molecule has 0 N–H and O–H groups in total. The average molecular weight is 845 g/mol. The van der Waals surface area contributed by atoms with Crippen molar-refractivity contribution in [2.75, 3.05) is 49.1 Å². The van der Waals surface area contributed by atoms with E-state index >= 15 is 0 Å². The number of hydrogen-bond donors (Lipinski definition) is 0. The van der Waals surface area contributed by atoms with Gasteiger partial charge in [-0.15, -0.1) is 0 Å². The lowest BCUT2D eigenvalue weighted by Gasteiger charge is -2.48. The van der Waals surface area contributed by atoms with Gasteiger partial charge in [0.05, 0.1) is 35.0 Å². The Bertz CT molecular complexity index is 2150. The highest BCUT2D eigenvalue weighted by Crippen LogP contribution is 2.42. The fourth-order valence-corrected chi connectivity index (χ4v) is 9.50. The molecule has 330 valence electrons. The van der Waals surface area contributed by atoms with Gasteiger partial charge in [-0.05, 0) is 115 Å². The molecule has 1 atom stereocenters. The third kappa shape index (κ3) is 10.3. The van der Waals surface area contributed by atoms with E-state index in [0.717, 1.165) is 81.0 Å². The van der Waals surface area contributed by atoms with E-state index in [-0.39, 0.29) is 29.7 Å². The third-order valence-electron chi connectivity index (χ3n) is 12.7. The van der Waals surface area contributed by atoms with Crippen LogP contribution < -0.4 is 19.3 Å². The maximum Gasteiger partial charge on any atom is 0.410 e. The summed E-state index contributed by atoms with van der Waals surface area (Å²) in [6.07, 6.45) is 6.76. The van der Waals surface area contributed by atoms with Gasteiger partial charge in [0, 0.05) is 45.3 Å². The molecule has 12 heteroatoms. The van der Waals surface area contributed by atoms with Crippen LogP contribution in [0.5, 0.6) is 11.8 Å². The van der Waals surface area contributed by atoms with Crippen LogP contribution in [0.4, 0.5) is 16.3 Å². The molecule has 12 nitrogen and oxygen atoms in total. The molecule has 0 bridgehead atoms. The van der Waals surface area contributed by atoms with Crippen LogP contribution in [0, 0.1) is 5.92 Å². The van der Waals surface area contributed by atoms with Gasteiger partial charge in [0.2, 0.25) is 11.8 Å². The lowest BCUT2D eigenvalue weighted by Crippen LogP contribution is -2.62. The number of fused-ring (bicyclic) bond motifs is 1. The summed E-state index contributed by atoms with van der Waals surface area (Å²) in [6, 6.07) is 27.1. The van der Waals surface area contributed by atoms with Crippen molar-refractivity contribution in [1.82, 2.24) is 19.8 Å². The van der Waals surface area contributed by atoms with Gasteiger partial charge in [-0.2, -0.15) is 4.98 Å². The first-order valence-electron chi connectivity index (χ1n) is 22.6. The minimum absolute atomic E-state index is 0.123. The van der Waals surface area contributed by atoms with Gasteiger partial charge in [0.25, 0.3) is 5.91 Å². The topological polar surface area (TPSA) is 110 Å². The van der Waals surface area contributed by atoms with Crippen molar-refractivity contribution in [3.63, 3.8) is 0 Å². The number of benzene rings is 2. The number of piperidine rings is 1. The van der Waals surface area contributed by atoms with Crippen LogP contribution in [-0.2, 0) is 22.7 Å². The number of anilines is 2. The SMILES string of the molecule is CC1c2nc(N3CCC(OC4CCC(CN5CCN(C(=O)OC(C)(C)C)C(C)(C)C5)CC4)CC3)ccc2C(=O)N1c1ccc(OCc2ccccc2)nc1OCc1ccccc1. The summed E-state index contributed by atoms with van der Waals surface area (Å²) in [7, 11) is 0. The van der Waals surface area contributed by atoms with E-state index in [0.29, 0.717) is 54.8 Å². The van der Waals surface area contributed by atoms with Gasteiger partial charge in [-0.3, -0.25) is 14.6 Å². The molecule has 2 saturated heterocycles. The maximum absolute atomic E-state index is 14.1. The molecule has 3 aliphatic heterocycles. The Labute approximate surface area is 367 Å². The molecule has 0 spiro atoms. The number of pyridine rings is 2. The Morgan fingerprint density at radius 1 is 0.758 bits per heavy atom. The molecule has 1 unspecified atom stereocenters. The molecular formula is C50H64N6O6. The highest BCUT2D eigenvalue weighted by molar-refractivity contribution is 6.11. The average Bonchev–Trinajstić information content (AvgIpc) is 3.50. The predicted octanol–water partition coefficient (Wildman–Crippen LogP) is 9.23. The van der Waals surface area contributed by atoms with Crippen LogP contribution in [0.25, 0.3) is 0 Å². The Morgan fingerprint density at radius 2 is 1.40 bits per heavy atom. The van der Waals surface area contributed by atoms with Crippen LogP contribution in [0.3, 0.4) is 0 Å². The molecule has 0 radical (unpaired) electrons. The van der Waals surface area contributed by atoms with Crippen molar-refractivity contribution in [3.05, 3.63) is 107 Å². The van der Waals surface area contributed by atoms with Crippen molar-refractivity contribution in [2.45, 2.75) is 123 Å². The summed E-state index contributed by atoms with van der Waals surface area (Å²) < 4.78 is 24.8. The van der Waals surface area contributed by atoms with Crippen molar-refractivity contribution < 1.29 is 28.5 Å². The molecule has 2 amide bonds. The first-order valence-corrected chi connectivity index (χ1v) is 22.6. The number of aromatic nitrogens is 2. The molecule has 4 aliphatic rings. The summed E-state index contributed by atoms with van der Waals surface area (Å²) >= 11 is 0. The van der Waals surface area contributed by atoms with Gasteiger partial charge in [-0.25, -0.2) is 9.78 Å². The Kier molecular flexibility index (Phi) is 13.1. The van der Waals surface area contributed by atoms with E-state index in [2.05, 4.69) is 23.6 Å². The second-order valence-electron chi connectivity index (χ2n) is 19.1. The molecular weight excluding hydrogens is 781 g/mol. The number of amides is 2. The molecule has 2 aromatic heterocycles. The van der Waals surface area contributed by atoms with E-state index in [1.807, 2.05) is 111 Å². The zero-order valence-corrected chi connectivity index (χ0v) is 37.4. The molecule has 2 aromatic carbocycles. The molecule has 4 aromatic rings. The number of hydrogen-bond acceptors (Lipinski definition) is 10. The van der Waals surface area contributed by atoms with Crippen LogP contribution in [0.1, 0.15) is 113 Å². The minimum Gasteiger partial charge on any atom is -0.473 e. The van der Waals surface area contributed by atoms with Crippen molar-refractivity contribution in [3.8, 4) is 11.8 Å². The molecule has 8 rings (SSSR count). The minimum atomic E-state index is -0.495. The normalized spacial score (nSPS) is 22.1. The van der Waals surface area contributed by atoms with Crippen LogP contribution in [-0.4, -0.2) is 94.4 Å². The fraction of sp³-hybridized carbons (Fsp3) is 0.520. The highest BCUT2D eigenvalue weighted by atomic mass is 16.6. The molecule has 5 heterocycles. The first-order chi connectivity index (χ1) is 29.8. The van der Waals surface area contributed by atoms with E-state index in [1.165, 1.54) is 12.8 Å². The number of carbonyl (C=O) groups excluding carboxylic acids is 2. The standard InChI is InChI=1S/C50H64N6O6/c1-35-45-41(47(57)56(35)42-22-24-44(59-32-37-13-9-7-10-14-37)52-46(42)60-33-38-15-11-8-12-16-38)21-23-43(51-45)54-27-25-40(26-28-54)61-39-19-17-36(18-20-39)31-53-29-30-55(50(5,6)34-53)48(58)62-49(2,3)4/h7-16,21-24,35-36,39-40H,17-20,25-34H2,1-6H3. The Balaban J connectivity index is 0.836. The Hall–Kier alpha value is -5.20. The van der Waals surface area contributed by atoms with E-state index in [9.17, 15) is 9.59 Å².